The van der Waals surface area contributed by atoms with E-state index in [1.54, 1.807) is 0 Å². The second-order valence-corrected chi connectivity index (χ2v) is 5.54. The fourth-order valence-corrected chi connectivity index (χ4v) is 2.89. The van der Waals surface area contributed by atoms with Gasteiger partial charge in [0, 0.05) is 31.5 Å². The highest BCUT2D eigenvalue weighted by molar-refractivity contribution is 5.79. The third-order valence-corrected chi connectivity index (χ3v) is 3.99. The molecular formula is C14H26N2O2. The Hall–Kier alpha value is -0.610. The van der Waals surface area contributed by atoms with Crippen LogP contribution in [-0.4, -0.2) is 50.2 Å². The molecule has 0 aromatic rings. The van der Waals surface area contributed by atoms with E-state index < -0.39 is 0 Å². The van der Waals surface area contributed by atoms with E-state index in [-0.39, 0.29) is 5.92 Å². The van der Waals surface area contributed by atoms with Crippen LogP contribution in [0.25, 0.3) is 0 Å². The predicted molar refractivity (Wildman–Crippen MR) is 71.4 cm³/mol. The van der Waals surface area contributed by atoms with Gasteiger partial charge in [0.25, 0.3) is 0 Å². The van der Waals surface area contributed by atoms with Crippen LogP contribution in [0.15, 0.2) is 0 Å². The number of piperidine rings is 1. The van der Waals surface area contributed by atoms with Crippen molar-refractivity contribution in [3.63, 3.8) is 0 Å². The number of rotatable bonds is 5. The van der Waals surface area contributed by atoms with Crippen molar-refractivity contribution >= 4 is 5.91 Å². The molecule has 1 atom stereocenters. The number of nitrogens with zero attached hydrogens (tertiary/aromatic N) is 1. The van der Waals surface area contributed by atoms with E-state index in [0.29, 0.717) is 11.8 Å². The van der Waals surface area contributed by atoms with Crippen LogP contribution in [0, 0.1) is 11.8 Å². The first-order chi connectivity index (χ1) is 8.81. The topological polar surface area (TPSA) is 41.6 Å². The van der Waals surface area contributed by atoms with Crippen molar-refractivity contribution in [2.24, 2.45) is 11.8 Å². The second-order valence-electron chi connectivity index (χ2n) is 5.54. The van der Waals surface area contributed by atoms with Crippen LogP contribution in [-0.2, 0) is 9.53 Å². The highest BCUT2D eigenvalue weighted by atomic mass is 16.5. The molecule has 4 heteroatoms. The van der Waals surface area contributed by atoms with E-state index in [2.05, 4.69) is 17.1 Å². The van der Waals surface area contributed by atoms with Crippen molar-refractivity contribution in [2.45, 2.75) is 32.6 Å². The van der Waals surface area contributed by atoms with Gasteiger partial charge in [0.15, 0.2) is 0 Å². The molecule has 2 heterocycles. The molecule has 104 valence electrons. The molecule has 2 rings (SSSR count). The van der Waals surface area contributed by atoms with Crippen molar-refractivity contribution < 1.29 is 9.53 Å². The normalized spacial score (nSPS) is 25.6. The van der Waals surface area contributed by atoms with Crippen molar-refractivity contribution in [1.82, 2.24) is 10.2 Å². The highest BCUT2D eigenvalue weighted by Crippen LogP contribution is 2.22. The molecule has 0 spiro atoms. The molecule has 1 amide bonds. The van der Waals surface area contributed by atoms with Crippen molar-refractivity contribution in [3.8, 4) is 0 Å². The number of amides is 1. The van der Waals surface area contributed by atoms with Gasteiger partial charge in [-0.3, -0.25) is 4.79 Å². The Morgan fingerprint density at radius 1 is 1.33 bits per heavy atom. The maximum absolute atomic E-state index is 12.3. The number of ether oxygens (including phenoxy) is 1. The molecule has 0 aromatic carbocycles. The summed E-state index contributed by atoms with van der Waals surface area (Å²) in [5.74, 6) is 1.21. The summed E-state index contributed by atoms with van der Waals surface area (Å²) < 4.78 is 5.59. The van der Waals surface area contributed by atoms with Crippen LogP contribution in [0.2, 0.25) is 0 Å². The van der Waals surface area contributed by atoms with Crippen LogP contribution in [0.1, 0.15) is 32.6 Å². The van der Waals surface area contributed by atoms with Crippen molar-refractivity contribution in [1.29, 1.82) is 0 Å². The summed E-state index contributed by atoms with van der Waals surface area (Å²) in [4.78, 5) is 14.4. The van der Waals surface area contributed by atoms with Gasteiger partial charge in [0.1, 0.15) is 0 Å². The van der Waals surface area contributed by atoms with Gasteiger partial charge in [-0.05, 0) is 38.8 Å². The van der Waals surface area contributed by atoms with Crippen LogP contribution in [0.5, 0.6) is 0 Å². The molecule has 4 nitrogen and oxygen atoms in total. The van der Waals surface area contributed by atoms with E-state index in [4.69, 9.17) is 4.74 Å². The molecule has 0 saturated carbocycles. The maximum Gasteiger partial charge on any atom is 0.225 e. The molecule has 18 heavy (non-hydrogen) atoms. The maximum atomic E-state index is 12.3. The molecule has 1 N–H and O–H groups in total. The van der Waals surface area contributed by atoms with Gasteiger partial charge in [-0.15, -0.1) is 0 Å². The largest absolute Gasteiger partial charge is 0.381 e. The van der Waals surface area contributed by atoms with Crippen LogP contribution >= 0.6 is 0 Å². The summed E-state index contributed by atoms with van der Waals surface area (Å²) >= 11 is 0. The van der Waals surface area contributed by atoms with E-state index in [1.807, 2.05) is 0 Å². The van der Waals surface area contributed by atoms with Gasteiger partial charge in [0.2, 0.25) is 5.91 Å². The zero-order chi connectivity index (χ0) is 12.8. The summed E-state index contributed by atoms with van der Waals surface area (Å²) in [7, 11) is 0. The molecule has 2 fully saturated rings. The standard InChI is InChI=1S/C14H26N2O2/c1-2-9-18-11-12-5-8-16(10-12)14(17)13-3-6-15-7-4-13/h12-13,15H,2-11H2,1H3/t12-/m1/s1. The fourth-order valence-electron chi connectivity index (χ4n) is 2.89. The van der Waals surface area contributed by atoms with Gasteiger partial charge in [-0.1, -0.05) is 6.92 Å². The molecule has 2 aliphatic heterocycles. The van der Waals surface area contributed by atoms with Gasteiger partial charge in [0.05, 0.1) is 6.61 Å². The first-order valence-corrected chi connectivity index (χ1v) is 7.38. The average Bonchev–Trinajstić information content (AvgIpc) is 2.88. The van der Waals surface area contributed by atoms with E-state index in [0.717, 1.165) is 65.1 Å². The van der Waals surface area contributed by atoms with Crippen LogP contribution in [0.3, 0.4) is 0 Å². The molecular weight excluding hydrogens is 228 g/mol. The minimum Gasteiger partial charge on any atom is -0.381 e. The van der Waals surface area contributed by atoms with Gasteiger partial charge in [-0.25, -0.2) is 0 Å². The first-order valence-electron chi connectivity index (χ1n) is 7.38. The van der Waals surface area contributed by atoms with Gasteiger partial charge in [-0.2, -0.15) is 0 Å². The predicted octanol–water partition coefficient (Wildman–Crippen LogP) is 1.26. The lowest BCUT2D eigenvalue weighted by Gasteiger charge is -2.26. The zero-order valence-corrected chi connectivity index (χ0v) is 11.5. The van der Waals surface area contributed by atoms with Crippen LogP contribution in [0.4, 0.5) is 0 Å². The number of carbonyl (C=O) groups is 1. The first kappa shape index (κ1) is 13.8. The van der Waals surface area contributed by atoms with E-state index in [9.17, 15) is 4.79 Å². The monoisotopic (exact) mass is 254 g/mol. The van der Waals surface area contributed by atoms with Crippen molar-refractivity contribution in [2.75, 3.05) is 39.4 Å². The number of likely N-dealkylation sites (tertiary alicyclic amines) is 1. The Morgan fingerprint density at radius 3 is 2.83 bits per heavy atom. The van der Waals surface area contributed by atoms with E-state index in [1.165, 1.54) is 0 Å². The lowest BCUT2D eigenvalue weighted by atomic mass is 9.97. The highest BCUT2D eigenvalue weighted by Gasteiger charge is 2.31. The number of nitrogens with one attached hydrogen (secondary N) is 1. The lowest BCUT2D eigenvalue weighted by Crippen LogP contribution is -2.40. The van der Waals surface area contributed by atoms with Gasteiger partial charge < -0.3 is 15.0 Å². The van der Waals surface area contributed by atoms with Gasteiger partial charge >= 0.3 is 0 Å². The summed E-state index contributed by atoms with van der Waals surface area (Å²) in [5, 5.41) is 3.31. The third kappa shape index (κ3) is 3.69. The second kappa shape index (κ2) is 7.10. The smallest absolute Gasteiger partial charge is 0.225 e. The number of carbonyl (C=O) groups excluding carboxylic acids is 1. The number of hydrogen-bond acceptors (Lipinski definition) is 3. The quantitative estimate of drug-likeness (QED) is 0.751. The summed E-state index contributed by atoms with van der Waals surface area (Å²) in [6.07, 6.45) is 4.20. The van der Waals surface area contributed by atoms with Crippen molar-refractivity contribution in [3.05, 3.63) is 0 Å². The molecule has 2 saturated heterocycles. The third-order valence-electron chi connectivity index (χ3n) is 3.99. The fraction of sp³-hybridized carbons (Fsp3) is 0.929. The Kier molecular flexibility index (Phi) is 5.45. The molecule has 0 unspecified atom stereocenters. The Balaban J connectivity index is 1.72. The molecule has 0 radical (unpaired) electrons. The molecule has 0 aliphatic carbocycles. The summed E-state index contributed by atoms with van der Waals surface area (Å²) in [6, 6.07) is 0. The molecule has 2 aliphatic rings. The summed E-state index contributed by atoms with van der Waals surface area (Å²) in [5.41, 5.74) is 0. The Labute approximate surface area is 110 Å². The van der Waals surface area contributed by atoms with Crippen LogP contribution < -0.4 is 5.32 Å². The summed E-state index contributed by atoms with van der Waals surface area (Å²) in [6.45, 7) is 7.63. The SMILES string of the molecule is CCCOC[C@@H]1CCN(C(=O)C2CCNCC2)C1. The zero-order valence-electron chi connectivity index (χ0n) is 11.5. The van der Waals surface area contributed by atoms with E-state index >= 15 is 0 Å². The Morgan fingerprint density at radius 2 is 2.11 bits per heavy atom. The average molecular weight is 254 g/mol. The number of hydrogen-bond donors (Lipinski definition) is 1. The molecule has 0 aromatic heterocycles. The Bertz CT molecular complexity index is 265. The lowest BCUT2D eigenvalue weighted by molar-refractivity contribution is -0.135. The molecule has 0 bridgehead atoms. The minimum atomic E-state index is 0.265. The minimum absolute atomic E-state index is 0.265.